The second kappa shape index (κ2) is 8.02. The number of benzene rings is 3. The maximum absolute atomic E-state index is 12.9. The van der Waals surface area contributed by atoms with Crippen LogP contribution in [0.1, 0.15) is 11.6 Å². The van der Waals surface area contributed by atoms with Crippen LogP contribution in [-0.2, 0) is 4.79 Å². The van der Waals surface area contributed by atoms with E-state index in [0.29, 0.717) is 0 Å². The predicted molar refractivity (Wildman–Crippen MR) is 101 cm³/mol. The minimum Gasteiger partial charge on any atom is -0.497 e. The first kappa shape index (κ1) is 16.6. The van der Waals surface area contributed by atoms with Gasteiger partial charge in [0.1, 0.15) is 11.8 Å². The van der Waals surface area contributed by atoms with Gasteiger partial charge in [-0.1, -0.05) is 54.6 Å². The van der Waals surface area contributed by atoms with E-state index in [1.807, 2.05) is 84.9 Å². The molecule has 0 unspecified atom stereocenters. The predicted octanol–water partition coefficient (Wildman–Crippen LogP) is 4.49. The van der Waals surface area contributed by atoms with E-state index in [4.69, 9.17) is 4.74 Å². The Kier molecular flexibility index (Phi) is 5.32. The first-order chi connectivity index (χ1) is 12.3. The van der Waals surface area contributed by atoms with Gasteiger partial charge >= 0.3 is 0 Å². The number of anilines is 2. The smallest absolute Gasteiger partial charge is 0.251 e. The Bertz CT molecular complexity index is 820. The zero-order chi connectivity index (χ0) is 17.5. The van der Waals surface area contributed by atoms with Crippen molar-refractivity contribution in [1.29, 1.82) is 0 Å². The van der Waals surface area contributed by atoms with Crippen molar-refractivity contribution < 1.29 is 9.53 Å². The maximum Gasteiger partial charge on any atom is 0.251 e. The average Bonchev–Trinajstić information content (AvgIpc) is 2.67. The topological polar surface area (TPSA) is 50.4 Å². The van der Waals surface area contributed by atoms with Gasteiger partial charge in [-0.3, -0.25) is 4.79 Å². The number of amides is 1. The Labute approximate surface area is 147 Å². The number of carbonyl (C=O) groups is 1. The molecule has 4 nitrogen and oxygen atoms in total. The maximum atomic E-state index is 12.9. The highest BCUT2D eigenvalue weighted by molar-refractivity contribution is 5.97. The molecule has 1 amide bonds. The zero-order valence-corrected chi connectivity index (χ0v) is 14.0. The van der Waals surface area contributed by atoms with Crippen LogP contribution in [0.3, 0.4) is 0 Å². The fourth-order valence-electron chi connectivity index (χ4n) is 2.56. The van der Waals surface area contributed by atoms with Crippen molar-refractivity contribution in [3.8, 4) is 5.75 Å². The Morgan fingerprint density at radius 1 is 0.840 bits per heavy atom. The number of hydrogen-bond acceptors (Lipinski definition) is 3. The third kappa shape index (κ3) is 4.38. The van der Waals surface area contributed by atoms with Crippen molar-refractivity contribution in [3.63, 3.8) is 0 Å². The molecule has 3 rings (SSSR count). The SMILES string of the molecule is COc1cccc(N[C@H](C(=O)Nc2ccccc2)c2ccccc2)c1. The first-order valence-electron chi connectivity index (χ1n) is 8.08. The quantitative estimate of drug-likeness (QED) is 0.699. The van der Waals surface area contributed by atoms with Gasteiger partial charge in [-0.25, -0.2) is 0 Å². The Balaban J connectivity index is 1.86. The summed E-state index contributed by atoms with van der Waals surface area (Å²) in [6, 6.07) is 26.1. The number of nitrogens with one attached hydrogen (secondary N) is 2. The van der Waals surface area contributed by atoms with E-state index in [1.165, 1.54) is 0 Å². The van der Waals surface area contributed by atoms with Crippen LogP contribution in [0.5, 0.6) is 5.75 Å². The lowest BCUT2D eigenvalue weighted by Gasteiger charge is -2.20. The summed E-state index contributed by atoms with van der Waals surface area (Å²) in [5.41, 5.74) is 2.47. The summed E-state index contributed by atoms with van der Waals surface area (Å²) in [6.45, 7) is 0. The normalized spacial score (nSPS) is 11.4. The van der Waals surface area contributed by atoms with Crippen molar-refractivity contribution in [1.82, 2.24) is 0 Å². The molecule has 2 N–H and O–H groups in total. The molecule has 0 fully saturated rings. The summed E-state index contributed by atoms with van der Waals surface area (Å²) < 4.78 is 5.26. The van der Waals surface area contributed by atoms with Crippen LogP contribution in [0.4, 0.5) is 11.4 Å². The first-order valence-corrected chi connectivity index (χ1v) is 8.08. The van der Waals surface area contributed by atoms with Crippen LogP contribution in [-0.4, -0.2) is 13.0 Å². The molecule has 0 aliphatic carbocycles. The molecular weight excluding hydrogens is 312 g/mol. The summed E-state index contributed by atoms with van der Waals surface area (Å²) in [4.78, 5) is 12.9. The third-order valence-electron chi connectivity index (χ3n) is 3.82. The van der Waals surface area contributed by atoms with Crippen molar-refractivity contribution in [2.75, 3.05) is 17.7 Å². The number of ether oxygens (including phenoxy) is 1. The number of hydrogen-bond donors (Lipinski definition) is 2. The monoisotopic (exact) mass is 332 g/mol. The van der Waals surface area contributed by atoms with E-state index < -0.39 is 6.04 Å². The molecule has 0 heterocycles. The van der Waals surface area contributed by atoms with E-state index in [0.717, 1.165) is 22.7 Å². The highest BCUT2D eigenvalue weighted by atomic mass is 16.5. The molecule has 0 aromatic heterocycles. The van der Waals surface area contributed by atoms with Crippen LogP contribution in [0, 0.1) is 0 Å². The lowest BCUT2D eigenvalue weighted by molar-refractivity contribution is -0.117. The van der Waals surface area contributed by atoms with Gasteiger partial charge in [-0.15, -0.1) is 0 Å². The summed E-state index contributed by atoms with van der Waals surface area (Å²) in [6.07, 6.45) is 0. The van der Waals surface area contributed by atoms with Gasteiger partial charge in [0.25, 0.3) is 5.91 Å². The zero-order valence-electron chi connectivity index (χ0n) is 14.0. The highest BCUT2D eigenvalue weighted by Gasteiger charge is 2.20. The Morgan fingerprint density at radius 2 is 1.48 bits per heavy atom. The summed E-state index contributed by atoms with van der Waals surface area (Å²) in [7, 11) is 1.62. The molecular formula is C21H20N2O2. The van der Waals surface area contributed by atoms with Crippen LogP contribution < -0.4 is 15.4 Å². The second-order valence-electron chi connectivity index (χ2n) is 5.58. The minimum atomic E-state index is -0.520. The summed E-state index contributed by atoms with van der Waals surface area (Å²) in [5, 5.41) is 6.25. The van der Waals surface area contributed by atoms with Crippen LogP contribution >= 0.6 is 0 Å². The third-order valence-corrected chi connectivity index (χ3v) is 3.82. The van der Waals surface area contributed by atoms with Gasteiger partial charge < -0.3 is 15.4 Å². The molecule has 0 spiro atoms. The lowest BCUT2D eigenvalue weighted by Crippen LogP contribution is -2.27. The molecule has 0 saturated carbocycles. The van der Waals surface area contributed by atoms with E-state index in [9.17, 15) is 4.79 Å². The fraction of sp³-hybridized carbons (Fsp3) is 0.0952. The molecule has 4 heteroatoms. The molecule has 0 aliphatic rings. The molecule has 3 aromatic carbocycles. The van der Waals surface area contributed by atoms with Gasteiger partial charge in [0.05, 0.1) is 7.11 Å². The lowest BCUT2D eigenvalue weighted by atomic mass is 10.1. The van der Waals surface area contributed by atoms with Gasteiger partial charge in [0, 0.05) is 17.4 Å². The van der Waals surface area contributed by atoms with Crippen molar-refractivity contribution in [3.05, 3.63) is 90.5 Å². The fourth-order valence-corrected chi connectivity index (χ4v) is 2.56. The van der Waals surface area contributed by atoms with Gasteiger partial charge in [-0.05, 0) is 29.8 Å². The van der Waals surface area contributed by atoms with E-state index >= 15 is 0 Å². The van der Waals surface area contributed by atoms with Crippen molar-refractivity contribution in [2.24, 2.45) is 0 Å². The van der Waals surface area contributed by atoms with Crippen LogP contribution in [0.15, 0.2) is 84.9 Å². The number of rotatable bonds is 6. The highest BCUT2D eigenvalue weighted by Crippen LogP contribution is 2.24. The Morgan fingerprint density at radius 3 is 2.16 bits per heavy atom. The number of para-hydroxylation sites is 1. The summed E-state index contributed by atoms with van der Waals surface area (Å²) >= 11 is 0. The Hall–Kier alpha value is -3.27. The van der Waals surface area contributed by atoms with Gasteiger partial charge in [0.2, 0.25) is 0 Å². The largest absolute Gasteiger partial charge is 0.497 e. The van der Waals surface area contributed by atoms with E-state index in [1.54, 1.807) is 7.11 Å². The standard InChI is InChI=1S/C21H20N2O2/c1-25-19-14-8-13-18(15-19)22-20(16-9-4-2-5-10-16)21(24)23-17-11-6-3-7-12-17/h2-15,20,22H,1H3,(H,23,24)/t20-/m0/s1. The average molecular weight is 332 g/mol. The molecule has 0 radical (unpaired) electrons. The second-order valence-corrected chi connectivity index (χ2v) is 5.58. The van der Waals surface area contributed by atoms with Gasteiger partial charge in [-0.2, -0.15) is 0 Å². The number of methoxy groups -OCH3 is 1. The molecule has 1 atom stereocenters. The molecule has 25 heavy (non-hydrogen) atoms. The summed E-state index contributed by atoms with van der Waals surface area (Å²) in [5.74, 6) is 0.612. The van der Waals surface area contributed by atoms with Crippen molar-refractivity contribution >= 4 is 17.3 Å². The van der Waals surface area contributed by atoms with Crippen LogP contribution in [0.2, 0.25) is 0 Å². The molecule has 3 aromatic rings. The van der Waals surface area contributed by atoms with Gasteiger partial charge in [0.15, 0.2) is 0 Å². The van der Waals surface area contributed by atoms with Crippen LogP contribution in [0.25, 0.3) is 0 Å². The number of carbonyl (C=O) groups excluding carboxylic acids is 1. The molecule has 0 aliphatic heterocycles. The van der Waals surface area contributed by atoms with E-state index in [2.05, 4.69) is 10.6 Å². The van der Waals surface area contributed by atoms with E-state index in [-0.39, 0.29) is 5.91 Å². The molecule has 0 bridgehead atoms. The van der Waals surface area contributed by atoms with Crippen molar-refractivity contribution in [2.45, 2.75) is 6.04 Å². The molecule has 0 saturated heterocycles. The minimum absolute atomic E-state index is 0.125. The molecule has 126 valence electrons.